The van der Waals surface area contributed by atoms with E-state index in [1.807, 2.05) is 0 Å². The molecular formula is C9H4BrClF3IO. The first-order chi connectivity index (χ1) is 7.29. The average Bonchev–Trinajstić information content (AvgIpc) is 2.18. The zero-order valence-corrected chi connectivity index (χ0v) is 12.0. The highest BCUT2D eigenvalue weighted by atomic mass is 127. The Hall–Kier alpha value is 0.180. The van der Waals surface area contributed by atoms with Crippen molar-refractivity contribution in [1.29, 1.82) is 0 Å². The van der Waals surface area contributed by atoms with E-state index < -0.39 is 28.1 Å². The molecule has 1 aromatic rings. The van der Waals surface area contributed by atoms with Crippen LogP contribution in [0.3, 0.4) is 0 Å². The van der Waals surface area contributed by atoms with Gasteiger partial charge in [0.2, 0.25) is 0 Å². The maximum Gasteiger partial charge on any atom is 0.418 e. The van der Waals surface area contributed by atoms with Gasteiger partial charge in [-0.15, -0.1) is 0 Å². The van der Waals surface area contributed by atoms with Crippen molar-refractivity contribution in [3.63, 3.8) is 0 Å². The van der Waals surface area contributed by atoms with Gasteiger partial charge >= 0.3 is 6.18 Å². The van der Waals surface area contributed by atoms with Gasteiger partial charge in [0, 0.05) is 9.13 Å². The molecule has 0 radical (unpaired) electrons. The van der Waals surface area contributed by atoms with Crippen LogP contribution in [0.1, 0.15) is 15.9 Å². The summed E-state index contributed by atoms with van der Waals surface area (Å²) in [5, 5.41) is -0.604. The molecule has 0 fully saturated rings. The van der Waals surface area contributed by atoms with E-state index in [2.05, 4.69) is 15.9 Å². The Bertz CT molecular complexity index is 433. The van der Waals surface area contributed by atoms with Crippen molar-refractivity contribution in [3.8, 4) is 0 Å². The second-order valence-electron chi connectivity index (χ2n) is 2.84. The molecule has 0 amide bonds. The SMILES string of the molecule is O=C(CBr)c1ccc(I)c(Cl)c1C(F)(F)F. The van der Waals surface area contributed by atoms with E-state index in [0.29, 0.717) is 0 Å². The lowest BCUT2D eigenvalue weighted by Crippen LogP contribution is -2.15. The highest BCUT2D eigenvalue weighted by Crippen LogP contribution is 2.39. The second-order valence-corrected chi connectivity index (χ2v) is 4.94. The molecule has 0 aromatic heterocycles. The monoisotopic (exact) mass is 426 g/mol. The number of hydrogen-bond donors (Lipinski definition) is 0. The Morgan fingerprint density at radius 1 is 1.44 bits per heavy atom. The summed E-state index contributed by atoms with van der Waals surface area (Å²) in [6.45, 7) is 0. The van der Waals surface area contributed by atoms with Crippen LogP contribution < -0.4 is 0 Å². The predicted molar refractivity (Wildman–Crippen MR) is 67.3 cm³/mol. The van der Waals surface area contributed by atoms with Crippen molar-refractivity contribution in [1.82, 2.24) is 0 Å². The van der Waals surface area contributed by atoms with Crippen LogP contribution in [0, 0.1) is 3.57 Å². The van der Waals surface area contributed by atoms with Crippen LogP contribution in [0.15, 0.2) is 12.1 Å². The maximum atomic E-state index is 12.7. The number of rotatable bonds is 2. The Balaban J connectivity index is 3.52. The zero-order chi connectivity index (χ0) is 12.5. The molecule has 0 saturated carbocycles. The van der Waals surface area contributed by atoms with Gasteiger partial charge in [-0.1, -0.05) is 27.5 Å². The predicted octanol–water partition coefficient (Wildman–Crippen LogP) is 4.54. The van der Waals surface area contributed by atoms with Crippen LogP contribution >= 0.6 is 50.1 Å². The fraction of sp³-hybridized carbons (Fsp3) is 0.222. The summed E-state index contributed by atoms with van der Waals surface area (Å²) in [5.41, 5.74) is -1.47. The minimum atomic E-state index is -4.63. The molecule has 7 heteroatoms. The van der Waals surface area contributed by atoms with Crippen molar-refractivity contribution in [2.24, 2.45) is 0 Å². The first-order valence-corrected chi connectivity index (χ1v) is 6.51. The zero-order valence-electron chi connectivity index (χ0n) is 7.54. The molecular weight excluding hydrogens is 423 g/mol. The molecule has 0 aliphatic carbocycles. The molecule has 88 valence electrons. The summed E-state index contributed by atoms with van der Waals surface area (Å²) in [6, 6.07) is 2.52. The number of alkyl halides is 4. The van der Waals surface area contributed by atoms with Gasteiger partial charge < -0.3 is 0 Å². The number of Topliss-reactive ketones (excluding diaryl/α,β-unsaturated/α-hetero) is 1. The molecule has 0 heterocycles. The van der Waals surface area contributed by atoms with E-state index in [4.69, 9.17) is 11.6 Å². The Morgan fingerprint density at radius 2 is 2.00 bits per heavy atom. The lowest BCUT2D eigenvalue weighted by molar-refractivity contribution is -0.137. The van der Waals surface area contributed by atoms with Gasteiger partial charge in [0.05, 0.1) is 15.9 Å². The molecule has 0 bridgehead atoms. The highest BCUT2D eigenvalue weighted by Gasteiger charge is 2.38. The molecule has 0 aliphatic heterocycles. The van der Waals surface area contributed by atoms with Gasteiger partial charge in [-0.3, -0.25) is 4.79 Å². The van der Waals surface area contributed by atoms with Gasteiger partial charge in [-0.2, -0.15) is 13.2 Å². The van der Waals surface area contributed by atoms with E-state index in [1.165, 1.54) is 6.07 Å². The molecule has 0 spiro atoms. The third-order valence-corrected chi connectivity index (χ3v) is 3.92. The summed E-state index contributed by atoms with van der Waals surface area (Å²) in [6.07, 6.45) is -4.63. The lowest BCUT2D eigenvalue weighted by atomic mass is 10.0. The summed E-state index contributed by atoms with van der Waals surface area (Å²) in [7, 11) is 0. The lowest BCUT2D eigenvalue weighted by Gasteiger charge is -2.14. The molecule has 1 rings (SSSR count). The first kappa shape index (κ1) is 14.2. The van der Waals surface area contributed by atoms with Gasteiger partial charge in [0.15, 0.2) is 5.78 Å². The maximum absolute atomic E-state index is 12.7. The highest BCUT2D eigenvalue weighted by molar-refractivity contribution is 14.1. The molecule has 0 N–H and O–H groups in total. The summed E-state index contributed by atoms with van der Waals surface area (Å²) >= 11 is 10.1. The number of carbonyl (C=O) groups is 1. The standard InChI is InChI=1S/C9H4BrClF3IO/c10-3-6(16)4-1-2-5(15)8(11)7(4)9(12,13)14/h1-2H,3H2. The van der Waals surface area contributed by atoms with Crippen molar-refractivity contribution in [3.05, 3.63) is 31.9 Å². The van der Waals surface area contributed by atoms with Crippen LogP contribution in [-0.4, -0.2) is 11.1 Å². The van der Waals surface area contributed by atoms with E-state index in [-0.39, 0.29) is 8.90 Å². The Kier molecular flexibility index (Phi) is 4.65. The Labute approximate surface area is 117 Å². The van der Waals surface area contributed by atoms with Crippen molar-refractivity contribution < 1.29 is 18.0 Å². The molecule has 0 saturated heterocycles. The van der Waals surface area contributed by atoms with E-state index in [0.717, 1.165) is 6.07 Å². The van der Waals surface area contributed by atoms with Crippen molar-refractivity contribution >= 4 is 55.9 Å². The van der Waals surface area contributed by atoms with Gasteiger partial charge in [0.1, 0.15) is 0 Å². The number of halogens is 6. The van der Waals surface area contributed by atoms with Crippen LogP contribution in [0.25, 0.3) is 0 Å². The number of hydrogen-bond acceptors (Lipinski definition) is 1. The van der Waals surface area contributed by atoms with Crippen LogP contribution in [0.2, 0.25) is 5.02 Å². The van der Waals surface area contributed by atoms with Crippen LogP contribution in [0.5, 0.6) is 0 Å². The smallest absolute Gasteiger partial charge is 0.293 e. The van der Waals surface area contributed by atoms with E-state index in [1.54, 1.807) is 22.6 Å². The Morgan fingerprint density at radius 3 is 2.44 bits per heavy atom. The summed E-state index contributed by atoms with van der Waals surface area (Å²) in [4.78, 5) is 11.3. The fourth-order valence-corrected chi connectivity index (χ4v) is 2.16. The van der Waals surface area contributed by atoms with Crippen molar-refractivity contribution in [2.75, 3.05) is 5.33 Å². The second kappa shape index (κ2) is 5.22. The van der Waals surface area contributed by atoms with Gasteiger partial charge in [-0.25, -0.2) is 0 Å². The third-order valence-electron chi connectivity index (χ3n) is 1.80. The van der Waals surface area contributed by atoms with E-state index >= 15 is 0 Å². The minimum absolute atomic E-state index is 0.174. The van der Waals surface area contributed by atoms with Crippen LogP contribution in [0.4, 0.5) is 13.2 Å². The normalized spacial score (nSPS) is 11.6. The third kappa shape index (κ3) is 2.89. The fourth-order valence-electron chi connectivity index (χ4n) is 1.13. The van der Waals surface area contributed by atoms with Gasteiger partial charge in [-0.05, 0) is 34.7 Å². The molecule has 0 aliphatic rings. The quantitative estimate of drug-likeness (QED) is 0.385. The van der Waals surface area contributed by atoms with E-state index in [9.17, 15) is 18.0 Å². The number of carbonyl (C=O) groups excluding carboxylic acids is 1. The molecule has 0 unspecified atom stereocenters. The topological polar surface area (TPSA) is 17.1 Å². The number of benzene rings is 1. The summed E-state index contributed by atoms with van der Waals surface area (Å²) in [5.74, 6) is -0.648. The first-order valence-electron chi connectivity index (χ1n) is 3.93. The largest absolute Gasteiger partial charge is 0.418 e. The summed E-state index contributed by atoms with van der Waals surface area (Å²) < 4.78 is 38.5. The number of ketones is 1. The average molecular weight is 427 g/mol. The molecule has 1 nitrogen and oxygen atoms in total. The minimum Gasteiger partial charge on any atom is -0.293 e. The van der Waals surface area contributed by atoms with Crippen LogP contribution in [-0.2, 0) is 6.18 Å². The molecule has 0 atom stereocenters. The molecule has 1 aromatic carbocycles. The van der Waals surface area contributed by atoms with Gasteiger partial charge in [0.25, 0.3) is 0 Å². The molecule has 16 heavy (non-hydrogen) atoms. The van der Waals surface area contributed by atoms with Crippen molar-refractivity contribution in [2.45, 2.75) is 6.18 Å².